The molecule has 1 rings (SSSR count). The van der Waals surface area contributed by atoms with E-state index in [0.29, 0.717) is 5.56 Å². The summed E-state index contributed by atoms with van der Waals surface area (Å²) >= 11 is 0. The molecule has 5 nitrogen and oxygen atoms in total. The Morgan fingerprint density at radius 2 is 1.59 bits per heavy atom. The predicted octanol–water partition coefficient (Wildman–Crippen LogP) is 1.77. The van der Waals surface area contributed by atoms with E-state index in [1.54, 1.807) is 13.8 Å². The summed E-state index contributed by atoms with van der Waals surface area (Å²) in [5, 5.41) is 18.9. The summed E-state index contributed by atoms with van der Waals surface area (Å²) in [5.74, 6) is -0.727. The first-order valence-corrected chi connectivity index (χ1v) is 5.03. The van der Waals surface area contributed by atoms with Gasteiger partial charge in [-0.2, -0.15) is 0 Å². The Bertz CT molecular complexity index is 412. The van der Waals surface area contributed by atoms with E-state index < -0.39 is 11.4 Å². The maximum Gasteiger partial charge on any atom is 0.313 e. The third-order valence-corrected chi connectivity index (χ3v) is 2.74. The summed E-state index contributed by atoms with van der Waals surface area (Å²) in [6.07, 6.45) is 0. The Balaban J connectivity index is 3.41. The number of methoxy groups -OCH3 is 2. The fourth-order valence-corrected chi connectivity index (χ4v) is 1.38. The number of benzene rings is 1. The lowest BCUT2D eigenvalue weighted by atomic mass is 9.84. The first kappa shape index (κ1) is 13.2. The molecule has 0 heterocycles. The van der Waals surface area contributed by atoms with Gasteiger partial charge in [-0.25, -0.2) is 0 Å². The minimum Gasteiger partial charge on any atom is -0.502 e. The molecular formula is C12H16O5. The Hall–Kier alpha value is -1.91. The molecular weight excluding hydrogens is 224 g/mol. The maximum absolute atomic E-state index is 11.2. The van der Waals surface area contributed by atoms with Crippen LogP contribution in [0, 0.1) is 0 Å². The number of aliphatic carboxylic acids is 1. The monoisotopic (exact) mass is 240 g/mol. The Kier molecular flexibility index (Phi) is 3.50. The largest absolute Gasteiger partial charge is 0.502 e. The van der Waals surface area contributed by atoms with Crippen molar-refractivity contribution in [2.24, 2.45) is 0 Å². The molecule has 0 spiro atoms. The normalized spacial score (nSPS) is 11.1. The van der Waals surface area contributed by atoms with Crippen LogP contribution in [-0.2, 0) is 10.2 Å². The zero-order valence-corrected chi connectivity index (χ0v) is 10.3. The second-order valence-corrected chi connectivity index (χ2v) is 4.16. The van der Waals surface area contributed by atoms with Crippen molar-refractivity contribution in [1.29, 1.82) is 0 Å². The number of carbonyl (C=O) groups is 1. The molecule has 0 aliphatic rings. The number of aromatic hydroxyl groups is 1. The summed E-state index contributed by atoms with van der Waals surface area (Å²) in [7, 11) is 2.79. The van der Waals surface area contributed by atoms with Gasteiger partial charge < -0.3 is 19.7 Å². The van der Waals surface area contributed by atoms with E-state index in [4.69, 9.17) is 14.6 Å². The van der Waals surface area contributed by atoms with Crippen molar-refractivity contribution >= 4 is 5.97 Å². The zero-order valence-electron chi connectivity index (χ0n) is 10.3. The first-order valence-electron chi connectivity index (χ1n) is 5.03. The summed E-state index contributed by atoms with van der Waals surface area (Å²) in [4.78, 5) is 11.2. The van der Waals surface area contributed by atoms with Crippen molar-refractivity contribution in [1.82, 2.24) is 0 Å². The lowest BCUT2D eigenvalue weighted by molar-refractivity contribution is -0.142. The Morgan fingerprint density at radius 1 is 1.18 bits per heavy atom. The maximum atomic E-state index is 11.2. The van der Waals surface area contributed by atoms with Crippen LogP contribution in [-0.4, -0.2) is 30.4 Å². The highest BCUT2D eigenvalue weighted by Crippen LogP contribution is 2.40. The number of ether oxygens (including phenoxy) is 2. The molecule has 94 valence electrons. The number of phenols is 1. The van der Waals surface area contributed by atoms with Crippen molar-refractivity contribution in [2.75, 3.05) is 14.2 Å². The van der Waals surface area contributed by atoms with Crippen molar-refractivity contribution in [2.45, 2.75) is 19.3 Å². The smallest absolute Gasteiger partial charge is 0.313 e. The predicted molar refractivity (Wildman–Crippen MR) is 61.9 cm³/mol. The minimum atomic E-state index is -1.09. The van der Waals surface area contributed by atoms with E-state index >= 15 is 0 Å². The molecule has 0 atom stereocenters. The second kappa shape index (κ2) is 4.53. The van der Waals surface area contributed by atoms with Gasteiger partial charge in [0.15, 0.2) is 11.5 Å². The van der Waals surface area contributed by atoms with Gasteiger partial charge in [-0.1, -0.05) is 0 Å². The van der Waals surface area contributed by atoms with Gasteiger partial charge in [0.2, 0.25) is 5.75 Å². The number of carboxylic acids is 1. The third kappa shape index (κ3) is 2.27. The van der Waals surface area contributed by atoms with Gasteiger partial charge in [-0.3, -0.25) is 4.79 Å². The molecule has 0 aromatic heterocycles. The summed E-state index contributed by atoms with van der Waals surface area (Å²) < 4.78 is 9.96. The van der Waals surface area contributed by atoms with E-state index in [1.807, 2.05) is 0 Å². The number of carboxylic acid groups (broad SMARTS) is 1. The molecule has 0 aliphatic carbocycles. The zero-order chi connectivity index (χ0) is 13.2. The Labute approximate surface area is 99.6 Å². The SMILES string of the molecule is COc1cc(C(C)(C)C(=O)O)cc(OC)c1O. The fourth-order valence-electron chi connectivity index (χ4n) is 1.38. The molecule has 0 saturated heterocycles. The lowest BCUT2D eigenvalue weighted by Gasteiger charge is -2.21. The van der Waals surface area contributed by atoms with E-state index in [-0.39, 0.29) is 17.2 Å². The molecule has 0 fully saturated rings. The van der Waals surface area contributed by atoms with Crippen molar-refractivity contribution in [3.8, 4) is 17.2 Å². The van der Waals surface area contributed by atoms with Gasteiger partial charge in [-0.15, -0.1) is 0 Å². The van der Waals surface area contributed by atoms with Crippen LogP contribution in [0.1, 0.15) is 19.4 Å². The number of rotatable bonds is 4. The third-order valence-electron chi connectivity index (χ3n) is 2.74. The van der Waals surface area contributed by atoms with Crippen LogP contribution in [0.25, 0.3) is 0 Å². The molecule has 5 heteroatoms. The van der Waals surface area contributed by atoms with E-state index in [9.17, 15) is 9.90 Å². The van der Waals surface area contributed by atoms with Crippen LogP contribution in [0.15, 0.2) is 12.1 Å². The van der Waals surface area contributed by atoms with Crippen LogP contribution < -0.4 is 9.47 Å². The highest BCUT2D eigenvalue weighted by atomic mass is 16.5. The molecule has 0 saturated carbocycles. The van der Waals surface area contributed by atoms with E-state index in [0.717, 1.165) is 0 Å². The van der Waals surface area contributed by atoms with Crippen molar-refractivity contribution < 1.29 is 24.5 Å². The quantitative estimate of drug-likeness (QED) is 0.838. The average Bonchev–Trinajstić information content (AvgIpc) is 2.28. The average molecular weight is 240 g/mol. The molecule has 1 aromatic carbocycles. The van der Waals surface area contributed by atoms with E-state index in [1.165, 1.54) is 26.4 Å². The number of hydrogen-bond donors (Lipinski definition) is 2. The van der Waals surface area contributed by atoms with Crippen LogP contribution >= 0.6 is 0 Å². The van der Waals surface area contributed by atoms with Gasteiger partial charge >= 0.3 is 5.97 Å². The minimum absolute atomic E-state index is 0.139. The van der Waals surface area contributed by atoms with Gasteiger partial charge in [0.05, 0.1) is 19.6 Å². The van der Waals surface area contributed by atoms with Crippen molar-refractivity contribution in [3.63, 3.8) is 0 Å². The van der Waals surface area contributed by atoms with Crippen LogP contribution in [0.4, 0.5) is 0 Å². The summed E-state index contributed by atoms with van der Waals surface area (Å²) in [5.41, 5.74) is -0.592. The second-order valence-electron chi connectivity index (χ2n) is 4.16. The van der Waals surface area contributed by atoms with E-state index in [2.05, 4.69) is 0 Å². The lowest BCUT2D eigenvalue weighted by Crippen LogP contribution is -2.28. The number of phenolic OH excluding ortho intramolecular Hbond substituents is 1. The van der Waals surface area contributed by atoms with Gasteiger partial charge in [0.25, 0.3) is 0 Å². The molecule has 0 amide bonds. The van der Waals surface area contributed by atoms with Gasteiger partial charge in [0.1, 0.15) is 0 Å². The molecule has 0 bridgehead atoms. The summed E-state index contributed by atoms with van der Waals surface area (Å²) in [6, 6.07) is 2.98. The fraction of sp³-hybridized carbons (Fsp3) is 0.417. The molecule has 0 unspecified atom stereocenters. The standard InChI is InChI=1S/C12H16O5/c1-12(2,11(14)15)7-5-8(16-3)10(13)9(6-7)17-4/h5-6,13H,1-4H3,(H,14,15). The van der Waals surface area contributed by atoms with Gasteiger partial charge in [0, 0.05) is 0 Å². The molecule has 0 radical (unpaired) electrons. The first-order chi connectivity index (χ1) is 7.84. The van der Waals surface area contributed by atoms with Crippen LogP contribution in [0.3, 0.4) is 0 Å². The van der Waals surface area contributed by atoms with Crippen LogP contribution in [0.5, 0.6) is 17.2 Å². The highest BCUT2D eigenvalue weighted by molar-refractivity contribution is 5.81. The molecule has 0 aliphatic heterocycles. The van der Waals surface area contributed by atoms with Crippen molar-refractivity contribution in [3.05, 3.63) is 17.7 Å². The number of hydrogen-bond acceptors (Lipinski definition) is 4. The topological polar surface area (TPSA) is 76.0 Å². The molecule has 2 N–H and O–H groups in total. The highest BCUT2D eigenvalue weighted by Gasteiger charge is 2.31. The molecule has 17 heavy (non-hydrogen) atoms. The van der Waals surface area contributed by atoms with Crippen LogP contribution in [0.2, 0.25) is 0 Å². The molecule has 1 aromatic rings. The van der Waals surface area contributed by atoms with Gasteiger partial charge in [-0.05, 0) is 31.5 Å². The summed E-state index contributed by atoms with van der Waals surface area (Å²) in [6.45, 7) is 3.14. The Morgan fingerprint density at radius 3 is 1.88 bits per heavy atom.